The molecular weight excluding hydrogens is 316 g/mol. The summed E-state index contributed by atoms with van der Waals surface area (Å²) in [6.45, 7) is 2.01. The van der Waals surface area contributed by atoms with Crippen LogP contribution in [0.2, 0.25) is 0 Å². The minimum atomic E-state index is -3.85. The summed E-state index contributed by atoms with van der Waals surface area (Å²) in [5, 5.41) is 10.8. The molecule has 23 heavy (non-hydrogen) atoms. The van der Waals surface area contributed by atoms with Crippen LogP contribution in [0.3, 0.4) is 0 Å². The predicted molar refractivity (Wildman–Crippen MR) is 82.8 cm³/mol. The van der Waals surface area contributed by atoms with E-state index in [1.807, 2.05) is 6.92 Å². The SMILES string of the molecule is CCc1ccc(S(=O)(=O)Oc2ccc(-n3cnnn3)cc2)cc1. The van der Waals surface area contributed by atoms with Gasteiger partial charge in [0.25, 0.3) is 0 Å². The Kier molecular flexibility index (Phi) is 4.07. The summed E-state index contributed by atoms with van der Waals surface area (Å²) in [5.74, 6) is 0.224. The van der Waals surface area contributed by atoms with Crippen LogP contribution >= 0.6 is 0 Å². The maximum Gasteiger partial charge on any atom is 0.339 e. The molecule has 7 nitrogen and oxygen atoms in total. The van der Waals surface area contributed by atoms with E-state index in [9.17, 15) is 8.42 Å². The fourth-order valence-corrected chi connectivity index (χ4v) is 2.93. The Hall–Kier alpha value is -2.74. The van der Waals surface area contributed by atoms with E-state index in [1.54, 1.807) is 48.5 Å². The van der Waals surface area contributed by atoms with Crippen LogP contribution < -0.4 is 4.18 Å². The van der Waals surface area contributed by atoms with Gasteiger partial charge in [-0.3, -0.25) is 0 Å². The lowest BCUT2D eigenvalue weighted by Gasteiger charge is -2.08. The van der Waals surface area contributed by atoms with Gasteiger partial charge in [0, 0.05) is 0 Å². The van der Waals surface area contributed by atoms with Gasteiger partial charge < -0.3 is 4.18 Å². The molecule has 1 heterocycles. The number of nitrogens with zero attached hydrogens (tertiary/aromatic N) is 4. The Bertz CT molecular complexity index is 873. The minimum Gasteiger partial charge on any atom is -0.379 e. The fraction of sp³-hybridized carbons (Fsp3) is 0.133. The van der Waals surface area contributed by atoms with Crippen LogP contribution in [0.4, 0.5) is 0 Å². The number of tetrazole rings is 1. The molecule has 0 unspecified atom stereocenters. The number of aromatic nitrogens is 4. The standard InChI is InChI=1S/C15H14N4O3S/c1-2-12-3-9-15(10-4-12)23(20,21)22-14-7-5-13(6-8-14)19-11-16-17-18-19/h3-11H,2H2,1H3. The third kappa shape index (κ3) is 3.37. The Labute approximate surface area is 133 Å². The summed E-state index contributed by atoms with van der Waals surface area (Å²) in [6, 6.07) is 13.1. The molecule has 3 aromatic rings. The first kappa shape index (κ1) is 15.2. The maximum absolute atomic E-state index is 12.3. The van der Waals surface area contributed by atoms with E-state index < -0.39 is 10.1 Å². The van der Waals surface area contributed by atoms with E-state index >= 15 is 0 Å². The molecule has 0 fully saturated rings. The first-order valence-corrected chi connectivity index (χ1v) is 8.36. The second-order valence-electron chi connectivity index (χ2n) is 4.78. The van der Waals surface area contributed by atoms with Crippen molar-refractivity contribution >= 4 is 10.1 Å². The lowest BCUT2D eigenvalue weighted by molar-refractivity contribution is 0.486. The number of hydrogen-bond donors (Lipinski definition) is 0. The van der Waals surface area contributed by atoms with E-state index in [0.29, 0.717) is 5.69 Å². The van der Waals surface area contributed by atoms with Crippen molar-refractivity contribution in [1.82, 2.24) is 20.2 Å². The largest absolute Gasteiger partial charge is 0.379 e. The number of hydrogen-bond acceptors (Lipinski definition) is 6. The highest BCUT2D eigenvalue weighted by atomic mass is 32.2. The molecule has 8 heteroatoms. The minimum absolute atomic E-state index is 0.124. The van der Waals surface area contributed by atoms with E-state index in [0.717, 1.165) is 12.0 Å². The highest BCUT2D eigenvalue weighted by molar-refractivity contribution is 7.87. The van der Waals surface area contributed by atoms with Gasteiger partial charge in [-0.1, -0.05) is 19.1 Å². The van der Waals surface area contributed by atoms with Crippen molar-refractivity contribution in [3.63, 3.8) is 0 Å². The Balaban J connectivity index is 1.79. The zero-order chi connectivity index (χ0) is 16.3. The van der Waals surface area contributed by atoms with Gasteiger partial charge in [0.05, 0.1) is 5.69 Å². The molecule has 0 bridgehead atoms. The smallest absolute Gasteiger partial charge is 0.339 e. The quantitative estimate of drug-likeness (QED) is 0.665. The third-order valence-corrected chi connectivity index (χ3v) is 4.54. The molecule has 2 aromatic carbocycles. The monoisotopic (exact) mass is 330 g/mol. The third-order valence-electron chi connectivity index (χ3n) is 3.28. The molecule has 1 aromatic heterocycles. The van der Waals surface area contributed by atoms with E-state index in [-0.39, 0.29) is 10.6 Å². The maximum atomic E-state index is 12.3. The van der Waals surface area contributed by atoms with Crippen LogP contribution in [0.1, 0.15) is 12.5 Å². The van der Waals surface area contributed by atoms with Crippen molar-refractivity contribution in [3.8, 4) is 11.4 Å². The van der Waals surface area contributed by atoms with Gasteiger partial charge in [-0.25, -0.2) is 4.68 Å². The van der Waals surface area contributed by atoms with Gasteiger partial charge in [0.2, 0.25) is 0 Å². The molecule has 0 saturated heterocycles. The molecule has 0 aliphatic heterocycles. The van der Waals surface area contributed by atoms with Crippen molar-refractivity contribution in [2.24, 2.45) is 0 Å². The fourth-order valence-electron chi connectivity index (χ4n) is 2.00. The highest BCUT2D eigenvalue weighted by Gasteiger charge is 2.16. The zero-order valence-corrected chi connectivity index (χ0v) is 13.1. The van der Waals surface area contributed by atoms with Crippen LogP contribution in [0.25, 0.3) is 5.69 Å². The summed E-state index contributed by atoms with van der Waals surface area (Å²) in [5.41, 5.74) is 1.77. The van der Waals surface area contributed by atoms with Crippen molar-refractivity contribution in [2.45, 2.75) is 18.2 Å². The highest BCUT2D eigenvalue weighted by Crippen LogP contribution is 2.20. The normalized spacial score (nSPS) is 11.3. The van der Waals surface area contributed by atoms with E-state index in [4.69, 9.17) is 4.18 Å². The second kappa shape index (κ2) is 6.17. The van der Waals surface area contributed by atoms with Crippen molar-refractivity contribution < 1.29 is 12.6 Å². The summed E-state index contributed by atoms with van der Waals surface area (Å²) in [4.78, 5) is 0.124. The van der Waals surface area contributed by atoms with Crippen molar-refractivity contribution in [3.05, 3.63) is 60.4 Å². The molecular formula is C15H14N4O3S. The first-order valence-electron chi connectivity index (χ1n) is 6.95. The molecule has 0 atom stereocenters. The summed E-state index contributed by atoms with van der Waals surface area (Å²) in [7, 11) is -3.85. The number of rotatable bonds is 5. The Morgan fingerprint density at radius 3 is 2.30 bits per heavy atom. The van der Waals surface area contributed by atoms with Crippen LogP contribution in [0.15, 0.2) is 59.8 Å². The summed E-state index contributed by atoms with van der Waals surface area (Å²) in [6.07, 6.45) is 2.29. The molecule has 0 amide bonds. The van der Waals surface area contributed by atoms with Crippen LogP contribution in [0.5, 0.6) is 5.75 Å². The molecule has 3 rings (SSSR count). The Morgan fingerprint density at radius 2 is 1.74 bits per heavy atom. The number of aryl methyl sites for hydroxylation is 1. The number of benzene rings is 2. The van der Waals surface area contributed by atoms with Crippen molar-refractivity contribution in [1.29, 1.82) is 0 Å². The molecule has 0 spiro atoms. The lowest BCUT2D eigenvalue weighted by atomic mass is 10.2. The molecule has 0 aliphatic rings. The average Bonchev–Trinajstić information content (AvgIpc) is 3.10. The molecule has 0 N–H and O–H groups in total. The van der Waals surface area contributed by atoms with E-state index in [2.05, 4.69) is 15.5 Å². The first-order chi connectivity index (χ1) is 11.1. The van der Waals surface area contributed by atoms with Crippen LogP contribution in [-0.2, 0) is 16.5 Å². The van der Waals surface area contributed by atoms with Gasteiger partial charge in [-0.2, -0.15) is 8.42 Å². The summed E-state index contributed by atoms with van der Waals surface area (Å²) < 4.78 is 31.1. The average molecular weight is 330 g/mol. The molecule has 0 radical (unpaired) electrons. The van der Waals surface area contributed by atoms with Gasteiger partial charge in [0.15, 0.2) is 0 Å². The Morgan fingerprint density at radius 1 is 1.04 bits per heavy atom. The molecule has 0 saturated carbocycles. The predicted octanol–water partition coefficient (Wildman–Crippen LogP) is 1.99. The van der Waals surface area contributed by atoms with Crippen molar-refractivity contribution in [2.75, 3.05) is 0 Å². The summed E-state index contributed by atoms with van der Waals surface area (Å²) >= 11 is 0. The van der Waals surface area contributed by atoms with Gasteiger partial charge in [-0.05, 0) is 58.8 Å². The molecule has 118 valence electrons. The lowest BCUT2D eigenvalue weighted by Crippen LogP contribution is -2.09. The van der Waals surface area contributed by atoms with Gasteiger partial charge >= 0.3 is 10.1 Å². The second-order valence-corrected chi connectivity index (χ2v) is 6.33. The van der Waals surface area contributed by atoms with Gasteiger partial charge in [0.1, 0.15) is 17.0 Å². The van der Waals surface area contributed by atoms with Gasteiger partial charge in [-0.15, -0.1) is 5.10 Å². The van der Waals surface area contributed by atoms with E-state index in [1.165, 1.54) is 11.0 Å². The van der Waals surface area contributed by atoms with Crippen LogP contribution in [-0.4, -0.2) is 28.6 Å². The van der Waals surface area contributed by atoms with Crippen LogP contribution in [0, 0.1) is 0 Å². The topological polar surface area (TPSA) is 87.0 Å². The molecule has 0 aliphatic carbocycles. The zero-order valence-electron chi connectivity index (χ0n) is 12.3.